The van der Waals surface area contributed by atoms with E-state index in [2.05, 4.69) is 39.5 Å². The Morgan fingerprint density at radius 2 is 1.74 bits per heavy atom. The van der Waals surface area contributed by atoms with E-state index in [0.717, 1.165) is 80.8 Å². The van der Waals surface area contributed by atoms with Gasteiger partial charge in [-0.15, -0.1) is 0 Å². The molecular weight excluding hydrogens is 424 g/mol. The summed E-state index contributed by atoms with van der Waals surface area (Å²) in [5, 5.41) is 5.64. The topological polar surface area (TPSA) is 57.7 Å². The van der Waals surface area contributed by atoms with Crippen LogP contribution in [0.15, 0.2) is 60.9 Å². The number of hydrogen-bond donors (Lipinski definition) is 1. The number of fused-ring (bicyclic) bond motifs is 1. The molecule has 180 valence electrons. The molecule has 1 amide bonds. The summed E-state index contributed by atoms with van der Waals surface area (Å²) in [7, 11) is 0. The summed E-state index contributed by atoms with van der Waals surface area (Å²) in [6.07, 6.45) is 5.47. The van der Waals surface area contributed by atoms with Gasteiger partial charge in [-0.05, 0) is 48.1 Å². The van der Waals surface area contributed by atoms with Crippen molar-refractivity contribution >= 4 is 22.4 Å². The van der Waals surface area contributed by atoms with Crippen molar-refractivity contribution in [1.29, 1.82) is 0 Å². The second-order valence-electron chi connectivity index (χ2n) is 8.70. The fourth-order valence-corrected chi connectivity index (χ4v) is 4.67. The Morgan fingerprint density at radius 3 is 2.47 bits per heavy atom. The van der Waals surface area contributed by atoms with Crippen molar-refractivity contribution in [3.05, 3.63) is 72.1 Å². The summed E-state index contributed by atoms with van der Waals surface area (Å²) >= 11 is 0. The molecule has 0 atom stereocenters. The highest BCUT2D eigenvalue weighted by Crippen LogP contribution is 2.23. The van der Waals surface area contributed by atoms with Crippen molar-refractivity contribution in [1.82, 2.24) is 14.8 Å². The van der Waals surface area contributed by atoms with E-state index in [1.54, 1.807) is 6.20 Å². The van der Waals surface area contributed by atoms with Gasteiger partial charge in [0, 0.05) is 67.8 Å². The van der Waals surface area contributed by atoms with Gasteiger partial charge in [0.15, 0.2) is 0 Å². The van der Waals surface area contributed by atoms with E-state index in [-0.39, 0.29) is 5.91 Å². The van der Waals surface area contributed by atoms with Crippen LogP contribution in [0.2, 0.25) is 0 Å². The number of nitrogens with one attached hydrogen (secondary N) is 1. The summed E-state index contributed by atoms with van der Waals surface area (Å²) in [5.41, 5.74) is 3.26. The highest BCUT2D eigenvalue weighted by molar-refractivity contribution is 6.06. The van der Waals surface area contributed by atoms with Gasteiger partial charge < -0.3 is 15.0 Å². The molecule has 2 aliphatic heterocycles. The molecule has 2 fully saturated rings. The predicted molar refractivity (Wildman–Crippen MR) is 138 cm³/mol. The molecular formula is C28H36N4O2. The smallest absolute Gasteiger partial charge is 0.254 e. The lowest BCUT2D eigenvalue weighted by Gasteiger charge is -2.33. The van der Waals surface area contributed by atoms with Gasteiger partial charge in [0.1, 0.15) is 0 Å². The Bertz CT molecular complexity index is 1050. The van der Waals surface area contributed by atoms with Crippen molar-refractivity contribution in [3.8, 4) is 0 Å². The first-order valence-corrected chi connectivity index (χ1v) is 12.5. The zero-order valence-electron chi connectivity index (χ0n) is 20.4. The van der Waals surface area contributed by atoms with Gasteiger partial charge in [-0.1, -0.05) is 38.1 Å². The van der Waals surface area contributed by atoms with Gasteiger partial charge >= 0.3 is 0 Å². The van der Waals surface area contributed by atoms with Crippen LogP contribution in [0.1, 0.15) is 42.6 Å². The Balaban J connectivity index is 0.00000133. The Labute approximate surface area is 202 Å². The van der Waals surface area contributed by atoms with Crippen molar-refractivity contribution in [3.63, 3.8) is 0 Å². The largest absolute Gasteiger partial charge is 0.382 e. The molecule has 2 aromatic carbocycles. The second-order valence-corrected chi connectivity index (χ2v) is 8.70. The molecule has 0 bridgehead atoms. The van der Waals surface area contributed by atoms with Crippen LogP contribution in [-0.4, -0.2) is 66.1 Å². The third-order valence-corrected chi connectivity index (χ3v) is 6.53. The summed E-state index contributed by atoms with van der Waals surface area (Å²) in [4.78, 5) is 21.7. The number of hydrogen-bond acceptors (Lipinski definition) is 5. The maximum Gasteiger partial charge on any atom is 0.254 e. The molecule has 0 spiro atoms. The molecule has 0 radical (unpaired) electrons. The maximum atomic E-state index is 13.2. The van der Waals surface area contributed by atoms with E-state index in [4.69, 9.17) is 4.74 Å². The Kier molecular flexibility index (Phi) is 8.50. The molecule has 6 heteroatoms. The third-order valence-electron chi connectivity index (χ3n) is 6.53. The van der Waals surface area contributed by atoms with E-state index in [9.17, 15) is 4.79 Å². The zero-order chi connectivity index (χ0) is 23.8. The van der Waals surface area contributed by atoms with Crippen molar-refractivity contribution in [2.75, 3.05) is 44.7 Å². The normalized spacial score (nSPS) is 17.2. The minimum atomic E-state index is 0.118. The van der Waals surface area contributed by atoms with E-state index in [1.165, 1.54) is 5.56 Å². The summed E-state index contributed by atoms with van der Waals surface area (Å²) in [6.45, 7) is 10.2. The van der Waals surface area contributed by atoms with Crippen LogP contribution in [0.4, 0.5) is 5.69 Å². The minimum Gasteiger partial charge on any atom is -0.382 e. The monoisotopic (exact) mass is 460 g/mol. The summed E-state index contributed by atoms with van der Waals surface area (Å²) in [6, 6.07) is 17.0. The first kappa shape index (κ1) is 24.2. The number of likely N-dealkylation sites (tertiary alicyclic amines) is 1. The van der Waals surface area contributed by atoms with Gasteiger partial charge in [0.2, 0.25) is 0 Å². The molecule has 6 nitrogen and oxygen atoms in total. The molecule has 34 heavy (non-hydrogen) atoms. The fourth-order valence-electron chi connectivity index (χ4n) is 4.67. The second kappa shape index (κ2) is 12.0. The number of morpholine rings is 1. The van der Waals surface area contributed by atoms with E-state index in [0.29, 0.717) is 6.04 Å². The zero-order valence-corrected chi connectivity index (χ0v) is 20.4. The molecule has 0 aliphatic carbocycles. The van der Waals surface area contributed by atoms with Crippen molar-refractivity contribution in [2.45, 2.75) is 39.3 Å². The Hall–Kier alpha value is -2.96. The van der Waals surface area contributed by atoms with Crippen LogP contribution in [0.3, 0.4) is 0 Å². The van der Waals surface area contributed by atoms with Gasteiger partial charge in [-0.25, -0.2) is 0 Å². The lowest BCUT2D eigenvalue weighted by molar-refractivity contribution is 0.0342. The summed E-state index contributed by atoms with van der Waals surface area (Å²) < 4.78 is 5.43. The van der Waals surface area contributed by atoms with Crippen LogP contribution >= 0.6 is 0 Å². The van der Waals surface area contributed by atoms with Crippen LogP contribution < -0.4 is 5.32 Å². The van der Waals surface area contributed by atoms with Crippen LogP contribution in [0, 0.1) is 0 Å². The highest BCUT2D eigenvalue weighted by atomic mass is 16.5. The fraction of sp³-hybridized carbons (Fsp3) is 0.429. The average Bonchev–Trinajstić information content (AvgIpc) is 2.91. The van der Waals surface area contributed by atoms with Crippen LogP contribution in [0.25, 0.3) is 10.8 Å². The summed E-state index contributed by atoms with van der Waals surface area (Å²) in [5.74, 6) is 0.118. The third kappa shape index (κ3) is 5.93. The number of piperidine rings is 1. The van der Waals surface area contributed by atoms with Crippen LogP contribution in [0.5, 0.6) is 0 Å². The molecule has 3 aromatic rings. The standard InChI is InChI=1S/C26H30N4O2.C2H6/c31-26(25-3-1-2-21-18-27-11-8-24(21)25)30-12-9-23(10-13-30)28-22-6-4-20(5-7-22)19-29-14-16-32-17-15-29;1-2/h1-8,11,18,23,28H,9-10,12-17,19H2;1-2H3. The molecule has 5 rings (SSSR count). The van der Waals surface area contributed by atoms with E-state index >= 15 is 0 Å². The predicted octanol–water partition coefficient (Wildman–Crippen LogP) is 4.81. The van der Waals surface area contributed by atoms with Crippen molar-refractivity contribution < 1.29 is 9.53 Å². The van der Waals surface area contributed by atoms with Crippen molar-refractivity contribution in [2.24, 2.45) is 0 Å². The number of benzene rings is 2. The number of pyridine rings is 1. The molecule has 1 aromatic heterocycles. The number of carbonyl (C=O) groups is 1. The first-order valence-electron chi connectivity index (χ1n) is 12.5. The van der Waals surface area contributed by atoms with Gasteiger partial charge in [-0.3, -0.25) is 14.7 Å². The lowest BCUT2D eigenvalue weighted by Crippen LogP contribution is -2.42. The quantitative estimate of drug-likeness (QED) is 0.592. The number of rotatable bonds is 5. The Morgan fingerprint density at radius 1 is 1.00 bits per heavy atom. The SMILES string of the molecule is CC.O=C(c1cccc2cnccc12)N1CCC(Nc2ccc(CN3CCOCC3)cc2)CC1. The molecule has 2 saturated heterocycles. The number of carbonyl (C=O) groups excluding carboxylic acids is 1. The number of amides is 1. The number of anilines is 1. The molecule has 0 unspecified atom stereocenters. The van der Waals surface area contributed by atoms with Gasteiger partial charge in [0.05, 0.1) is 13.2 Å². The lowest BCUT2D eigenvalue weighted by atomic mass is 10.0. The maximum absolute atomic E-state index is 13.2. The molecule has 2 aliphatic rings. The van der Waals surface area contributed by atoms with E-state index < -0.39 is 0 Å². The average molecular weight is 461 g/mol. The highest BCUT2D eigenvalue weighted by Gasteiger charge is 2.24. The van der Waals surface area contributed by atoms with Crippen LogP contribution in [-0.2, 0) is 11.3 Å². The molecule has 3 heterocycles. The van der Waals surface area contributed by atoms with E-state index in [1.807, 2.05) is 49.2 Å². The number of aromatic nitrogens is 1. The molecule has 1 N–H and O–H groups in total. The van der Waals surface area contributed by atoms with Gasteiger partial charge in [-0.2, -0.15) is 0 Å². The number of ether oxygens (including phenoxy) is 1. The van der Waals surface area contributed by atoms with Gasteiger partial charge in [0.25, 0.3) is 5.91 Å². The minimum absolute atomic E-state index is 0.118. The molecule has 0 saturated carbocycles. The number of nitrogens with zero attached hydrogens (tertiary/aromatic N) is 3. The first-order chi connectivity index (χ1) is 16.8.